The molecule has 0 radical (unpaired) electrons. The van der Waals surface area contributed by atoms with Crippen molar-refractivity contribution in [3.8, 4) is 0 Å². The van der Waals surface area contributed by atoms with E-state index in [9.17, 15) is 4.79 Å². The number of carbonyl (C=O) groups is 1. The second-order valence-corrected chi connectivity index (χ2v) is 4.91. The first-order valence-corrected chi connectivity index (χ1v) is 5.13. The van der Waals surface area contributed by atoms with Gasteiger partial charge in [-0.05, 0) is 40.0 Å². The first kappa shape index (κ1) is 11.3. The number of ether oxygens (including phenoxy) is 1. The molecule has 1 aliphatic carbocycles. The minimum atomic E-state index is -0.361. The Labute approximate surface area is 85.2 Å². The molecular formula is C10H20N2O2. The molecule has 1 saturated carbocycles. The minimum absolute atomic E-state index is 0.0146. The number of carbonyl (C=O) groups excluding carboxylic acids is 1. The number of amides is 1. The van der Waals surface area contributed by atoms with Gasteiger partial charge in [-0.25, -0.2) is 4.79 Å². The van der Waals surface area contributed by atoms with Crippen molar-refractivity contribution in [3.05, 3.63) is 0 Å². The van der Waals surface area contributed by atoms with Gasteiger partial charge >= 0.3 is 6.09 Å². The SMILES string of the molecule is CC(C)(C)NC(=O)O[C@@H]1CCC[C@H]1N. The van der Waals surface area contributed by atoms with Crippen LogP contribution < -0.4 is 11.1 Å². The number of nitrogens with one attached hydrogen (secondary N) is 1. The Morgan fingerprint density at radius 3 is 2.50 bits per heavy atom. The summed E-state index contributed by atoms with van der Waals surface area (Å²) in [6.07, 6.45) is 2.43. The van der Waals surface area contributed by atoms with Crippen molar-refractivity contribution >= 4 is 6.09 Å². The summed E-state index contributed by atoms with van der Waals surface area (Å²) in [7, 11) is 0. The highest BCUT2D eigenvalue weighted by atomic mass is 16.6. The Kier molecular flexibility index (Phi) is 3.37. The van der Waals surface area contributed by atoms with Crippen LogP contribution in [-0.2, 0) is 4.74 Å². The third-order valence-corrected chi connectivity index (χ3v) is 2.24. The van der Waals surface area contributed by atoms with E-state index in [1.54, 1.807) is 0 Å². The third-order valence-electron chi connectivity index (χ3n) is 2.24. The van der Waals surface area contributed by atoms with Gasteiger partial charge < -0.3 is 15.8 Å². The molecule has 14 heavy (non-hydrogen) atoms. The fraction of sp³-hybridized carbons (Fsp3) is 0.900. The zero-order valence-electron chi connectivity index (χ0n) is 9.17. The largest absolute Gasteiger partial charge is 0.445 e. The maximum Gasteiger partial charge on any atom is 0.407 e. The van der Waals surface area contributed by atoms with Crippen LogP contribution in [0.5, 0.6) is 0 Å². The van der Waals surface area contributed by atoms with E-state index in [0.717, 1.165) is 19.3 Å². The lowest BCUT2D eigenvalue weighted by Gasteiger charge is -2.23. The van der Waals surface area contributed by atoms with Crippen molar-refractivity contribution in [1.82, 2.24) is 5.32 Å². The zero-order valence-corrected chi connectivity index (χ0v) is 9.17. The molecule has 0 spiro atoms. The van der Waals surface area contributed by atoms with Crippen LogP contribution in [0.1, 0.15) is 40.0 Å². The second-order valence-electron chi connectivity index (χ2n) is 4.91. The van der Waals surface area contributed by atoms with Crippen LogP contribution in [0.3, 0.4) is 0 Å². The fourth-order valence-corrected chi connectivity index (χ4v) is 1.57. The molecular weight excluding hydrogens is 180 g/mol. The highest BCUT2D eigenvalue weighted by molar-refractivity contribution is 5.68. The third kappa shape index (κ3) is 3.54. The molecule has 3 N–H and O–H groups in total. The Bertz CT molecular complexity index is 211. The van der Waals surface area contributed by atoms with Gasteiger partial charge in [0.05, 0.1) is 0 Å². The lowest BCUT2D eigenvalue weighted by molar-refractivity contribution is 0.0866. The van der Waals surface area contributed by atoms with E-state index >= 15 is 0 Å². The fourth-order valence-electron chi connectivity index (χ4n) is 1.57. The molecule has 1 fully saturated rings. The Balaban J connectivity index is 2.33. The molecule has 1 amide bonds. The van der Waals surface area contributed by atoms with Crippen molar-refractivity contribution in [2.45, 2.75) is 57.7 Å². The molecule has 82 valence electrons. The first-order chi connectivity index (χ1) is 6.38. The normalized spacial score (nSPS) is 27.4. The molecule has 0 aromatic heterocycles. The number of rotatable bonds is 1. The smallest absolute Gasteiger partial charge is 0.407 e. The van der Waals surface area contributed by atoms with Gasteiger partial charge in [-0.15, -0.1) is 0 Å². The van der Waals surface area contributed by atoms with Crippen LogP contribution >= 0.6 is 0 Å². The first-order valence-electron chi connectivity index (χ1n) is 5.13. The van der Waals surface area contributed by atoms with Crippen molar-refractivity contribution in [1.29, 1.82) is 0 Å². The standard InChI is InChI=1S/C10H20N2O2/c1-10(2,3)12-9(13)14-8-6-4-5-7(8)11/h7-8H,4-6,11H2,1-3H3,(H,12,13)/t7-,8-/m1/s1. The summed E-state index contributed by atoms with van der Waals surface area (Å²) < 4.78 is 5.22. The van der Waals surface area contributed by atoms with E-state index in [4.69, 9.17) is 10.5 Å². The van der Waals surface area contributed by atoms with Gasteiger partial charge in [-0.2, -0.15) is 0 Å². The Morgan fingerprint density at radius 2 is 2.07 bits per heavy atom. The molecule has 1 rings (SSSR count). The molecule has 4 nitrogen and oxygen atoms in total. The monoisotopic (exact) mass is 200 g/mol. The summed E-state index contributed by atoms with van der Waals surface area (Å²) in [6, 6.07) is 0.0146. The highest BCUT2D eigenvalue weighted by Gasteiger charge is 2.28. The number of hydrogen-bond acceptors (Lipinski definition) is 3. The molecule has 4 heteroatoms. The molecule has 0 aromatic rings. The molecule has 0 bridgehead atoms. The molecule has 0 heterocycles. The maximum atomic E-state index is 11.4. The van der Waals surface area contributed by atoms with Crippen LogP contribution in [0.15, 0.2) is 0 Å². The summed E-state index contributed by atoms with van der Waals surface area (Å²) in [5.41, 5.74) is 5.54. The van der Waals surface area contributed by atoms with Crippen molar-refractivity contribution in [3.63, 3.8) is 0 Å². The number of alkyl carbamates (subject to hydrolysis) is 1. The van der Waals surface area contributed by atoms with E-state index in [0.29, 0.717) is 0 Å². The quantitative estimate of drug-likeness (QED) is 0.672. The van der Waals surface area contributed by atoms with Gasteiger partial charge in [0.15, 0.2) is 0 Å². The maximum absolute atomic E-state index is 11.4. The Morgan fingerprint density at radius 1 is 1.43 bits per heavy atom. The Hall–Kier alpha value is -0.770. The van der Waals surface area contributed by atoms with Gasteiger partial charge in [0, 0.05) is 11.6 Å². The van der Waals surface area contributed by atoms with Crippen molar-refractivity contribution in [2.75, 3.05) is 0 Å². The number of hydrogen-bond donors (Lipinski definition) is 2. The van der Waals surface area contributed by atoms with E-state index in [1.807, 2.05) is 20.8 Å². The van der Waals surface area contributed by atoms with Gasteiger partial charge in [0.2, 0.25) is 0 Å². The van der Waals surface area contributed by atoms with Crippen molar-refractivity contribution in [2.24, 2.45) is 5.73 Å². The average molecular weight is 200 g/mol. The lowest BCUT2D eigenvalue weighted by Crippen LogP contribution is -2.44. The van der Waals surface area contributed by atoms with E-state index in [1.165, 1.54) is 0 Å². The predicted octanol–water partition coefficient (Wildman–Crippen LogP) is 1.39. The molecule has 0 unspecified atom stereocenters. The van der Waals surface area contributed by atoms with Crippen molar-refractivity contribution < 1.29 is 9.53 Å². The molecule has 1 aliphatic rings. The summed E-state index contributed by atoms with van der Waals surface area (Å²) in [5, 5.41) is 2.75. The number of nitrogens with two attached hydrogens (primary N) is 1. The highest BCUT2D eigenvalue weighted by Crippen LogP contribution is 2.20. The summed E-state index contributed by atoms with van der Waals surface area (Å²) in [5.74, 6) is 0. The van der Waals surface area contributed by atoms with E-state index in [-0.39, 0.29) is 23.8 Å². The molecule has 0 aliphatic heterocycles. The lowest BCUT2D eigenvalue weighted by atomic mass is 10.1. The topological polar surface area (TPSA) is 64.3 Å². The summed E-state index contributed by atoms with van der Waals surface area (Å²) >= 11 is 0. The van der Waals surface area contributed by atoms with E-state index in [2.05, 4.69) is 5.32 Å². The molecule has 0 aromatic carbocycles. The zero-order chi connectivity index (χ0) is 10.8. The van der Waals surface area contributed by atoms with Gasteiger partial charge in [0.25, 0.3) is 0 Å². The van der Waals surface area contributed by atoms with Crippen LogP contribution in [0.25, 0.3) is 0 Å². The molecule has 0 saturated heterocycles. The van der Waals surface area contributed by atoms with Crippen LogP contribution in [0, 0.1) is 0 Å². The predicted molar refractivity (Wildman–Crippen MR) is 55.0 cm³/mol. The van der Waals surface area contributed by atoms with Crippen LogP contribution in [0.2, 0.25) is 0 Å². The summed E-state index contributed by atoms with van der Waals surface area (Å²) in [6.45, 7) is 5.76. The summed E-state index contributed by atoms with van der Waals surface area (Å²) in [4.78, 5) is 11.4. The van der Waals surface area contributed by atoms with Gasteiger partial charge in [-0.1, -0.05) is 0 Å². The van der Waals surface area contributed by atoms with E-state index < -0.39 is 0 Å². The average Bonchev–Trinajstić information content (AvgIpc) is 2.32. The van der Waals surface area contributed by atoms with Gasteiger partial charge in [-0.3, -0.25) is 0 Å². The van der Waals surface area contributed by atoms with Gasteiger partial charge in [0.1, 0.15) is 6.10 Å². The second kappa shape index (κ2) is 4.17. The van der Waals surface area contributed by atoms with Crippen LogP contribution in [-0.4, -0.2) is 23.8 Å². The van der Waals surface area contributed by atoms with Crippen LogP contribution in [0.4, 0.5) is 4.79 Å². The molecule has 2 atom stereocenters. The minimum Gasteiger partial charge on any atom is -0.445 e.